The van der Waals surface area contributed by atoms with E-state index in [1.165, 1.54) is 5.56 Å². The maximum Gasteiger partial charge on any atom is 0.185 e. The number of hydrogen-bond donors (Lipinski definition) is 0. The van der Waals surface area contributed by atoms with Crippen molar-refractivity contribution in [3.63, 3.8) is 0 Å². The zero-order valence-electron chi connectivity index (χ0n) is 13.4. The zero-order chi connectivity index (χ0) is 16.4. The monoisotopic (exact) mass is 315 g/mol. The van der Waals surface area contributed by atoms with Gasteiger partial charge in [0.05, 0.1) is 0 Å². The molecule has 0 amide bonds. The van der Waals surface area contributed by atoms with Crippen LogP contribution in [0.3, 0.4) is 0 Å². The smallest absolute Gasteiger partial charge is 0.185 e. The molecule has 2 heterocycles. The molecule has 0 aliphatic carbocycles. The van der Waals surface area contributed by atoms with E-state index in [2.05, 4.69) is 27.2 Å². The summed E-state index contributed by atoms with van der Waals surface area (Å²) in [4.78, 5) is 2.11. The number of benzene rings is 2. The van der Waals surface area contributed by atoms with Crippen LogP contribution < -0.4 is 4.90 Å². The van der Waals surface area contributed by atoms with Crippen LogP contribution in [-0.2, 0) is 6.54 Å². The summed E-state index contributed by atoms with van der Waals surface area (Å²) in [5.74, 6) is 1.63. The van der Waals surface area contributed by atoms with Gasteiger partial charge in [0, 0.05) is 19.2 Å². The van der Waals surface area contributed by atoms with Crippen molar-refractivity contribution >= 4 is 11.5 Å². The highest BCUT2D eigenvalue weighted by Crippen LogP contribution is 2.19. The lowest BCUT2D eigenvalue weighted by atomic mass is 10.2. The Morgan fingerprint density at radius 2 is 1.54 bits per heavy atom. The van der Waals surface area contributed by atoms with Crippen molar-refractivity contribution in [2.45, 2.75) is 6.54 Å². The Hall–Kier alpha value is -3.21. The fourth-order valence-electron chi connectivity index (χ4n) is 2.69. The van der Waals surface area contributed by atoms with E-state index < -0.39 is 0 Å². The second-order valence-corrected chi connectivity index (χ2v) is 5.69. The van der Waals surface area contributed by atoms with Crippen LogP contribution in [0.1, 0.15) is 5.56 Å². The number of nitrogens with zero attached hydrogens (tertiary/aromatic N) is 5. The Morgan fingerprint density at radius 3 is 2.29 bits per heavy atom. The third kappa shape index (κ3) is 2.72. The summed E-state index contributed by atoms with van der Waals surface area (Å²) < 4.78 is 1.80. The Labute approximate surface area is 140 Å². The summed E-state index contributed by atoms with van der Waals surface area (Å²) >= 11 is 0. The molecule has 0 saturated carbocycles. The van der Waals surface area contributed by atoms with Crippen LogP contribution in [0.5, 0.6) is 0 Å². The van der Waals surface area contributed by atoms with Gasteiger partial charge in [0.25, 0.3) is 0 Å². The molecular formula is C19H17N5. The van der Waals surface area contributed by atoms with Crippen molar-refractivity contribution in [2.75, 3.05) is 11.9 Å². The van der Waals surface area contributed by atoms with Gasteiger partial charge in [-0.25, -0.2) is 0 Å². The lowest BCUT2D eigenvalue weighted by molar-refractivity contribution is 0.842. The molecule has 2 aromatic carbocycles. The molecule has 0 bridgehead atoms. The van der Waals surface area contributed by atoms with E-state index in [-0.39, 0.29) is 0 Å². The highest BCUT2D eigenvalue weighted by atomic mass is 15.4. The number of fused-ring (bicyclic) bond motifs is 1. The summed E-state index contributed by atoms with van der Waals surface area (Å²) in [5.41, 5.74) is 2.99. The quantitative estimate of drug-likeness (QED) is 0.579. The highest BCUT2D eigenvalue weighted by molar-refractivity contribution is 5.59. The molecule has 5 heteroatoms. The average molecular weight is 315 g/mol. The maximum absolute atomic E-state index is 4.73. The number of anilines is 1. The molecule has 0 aliphatic heterocycles. The van der Waals surface area contributed by atoms with Crippen LogP contribution in [0.2, 0.25) is 0 Å². The fourth-order valence-corrected chi connectivity index (χ4v) is 2.69. The molecule has 2 aromatic heterocycles. The lowest BCUT2D eigenvalue weighted by Crippen LogP contribution is -2.18. The maximum atomic E-state index is 4.73. The van der Waals surface area contributed by atoms with E-state index in [0.29, 0.717) is 0 Å². The van der Waals surface area contributed by atoms with Gasteiger partial charge in [-0.05, 0) is 17.7 Å². The van der Waals surface area contributed by atoms with Crippen LogP contribution in [0.15, 0.2) is 72.8 Å². The first-order valence-electron chi connectivity index (χ1n) is 7.84. The lowest BCUT2D eigenvalue weighted by Gasteiger charge is -2.18. The largest absolute Gasteiger partial charge is 0.354 e. The standard InChI is InChI=1S/C19H17N5/c1-23(14-15-8-4-2-5-9-15)18-13-12-17-20-21-19(24(17)22-18)16-10-6-3-7-11-16/h2-13H,14H2,1H3. The topological polar surface area (TPSA) is 46.3 Å². The predicted octanol–water partition coefficient (Wildman–Crippen LogP) is 3.43. The molecule has 0 radical (unpaired) electrons. The van der Waals surface area contributed by atoms with Crippen molar-refractivity contribution in [3.8, 4) is 11.4 Å². The van der Waals surface area contributed by atoms with Crippen LogP contribution >= 0.6 is 0 Å². The number of aromatic nitrogens is 4. The molecule has 0 aliphatic rings. The second kappa shape index (κ2) is 6.12. The fraction of sp³-hybridized carbons (Fsp3) is 0.105. The van der Waals surface area contributed by atoms with E-state index in [4.69, 9.17) is 5.10 Å². The molecule has 0 N–H and O–H groups in total. The van der Waals surface area contributed by atoms with Crippen LogP contribution in [0.4, 0.5) is 5.82 Å². The molecule has 4 rings (SSSR count). The Kier molecular flexibility index (Phi) is 3.67. The van der Waals surface area contributed by atoms with Gasteiger partial charge in [-0.2, -0.15) is 4.52 Å². The van der Waals surface area contributed by atoms with Crippen LogP contribution in [0, 0.1) is 0 Å². The number of hydrogen-bond acceptors (Lipinski definition) is 4. The third-order valence-electron chi connectivity index (χ3n) is 3.93. The van der Waals surface area contributed by atoms with Gasteiger partial charge in [0.2, 0.25) is 0 Å². The van der Waals surface area contributed by atoms with Crippen molar-refractivity contribution < 1.29 is 0 Å². The van der Waals surface area contributed by atoms with E-state index in [1.54, 1.807) is 4.52 Å². The van der Waals surface area contributed by atoms with Gasteiger partial charge in [-0.3, -0.25) is 0 Å². The second-order valence-electron chi connectivity index (χ2n) is 5.69. The molecular weight excluding hydrogens is 298 g/mol. The molecule has 4 aromatic rings. The molecule has 5 nitrogen and oxygen atoms in total. The Bertz CT molecular complexity index is 947. The highest BCUT2D eigenvalue weighted by Gasteiger charge is 2.11. The van der Waals surface area contributed by atoms with Crippen molar-refractivity contribution in [1.82, 2.24) is 19.8 Å². The van der Waals surface area contributed by atoms with E-state index in [0.717, 1.165) is 29.4 Å². The van der Waals surface area contributed by atoms with E-state index in [1.807, 2.05) is 67.7 Å². The summed E-state index contributed by atoms with van der Waals surface area (Å²) in [6.45, 7) is 0.794. The van der Waals surface area contributed by atoms with Crippen LogP contribution in [-0.4, -0.2) is 26.9 Å². The molecule has 0 saturated heterocycles. The summed E-state index contributed by atoms with van der Waals surface area (Å²) in [5, 5.41) is 13.2. The van der Waals surface area contributed by atoms with Gasteiger partial charge in [0.15, 0.2) is 11.5 Å². The zero-order valence-corrected chi connectivity index (χ0v) is 13.4. The normalized spacial score (nSPS) is 10.9. The average Bonchev–Trinajstić information content (AvgIpc) is 3.06. The van der Waals surface area contributed by atoms with Crippen molar-refractivity contribution in [2.24, 2.45) is 0 Å². The van der Waals surface area contributed by atoms with Gasteiger partial charge < -0.3 is 4.90 Å². The van der Waals surface area contributed by atoms with Crippen LogP contribution in [0.25, 0.3) is 17.0 Å². The molecule has 24 heavy (non-hydrogen) atoms. The van der Waals surface area contributed by atoms with E-state index >= 15 is 0 Å². The molecule has 0 atom stereocenters. The predicted molar refractivity (Wildman–Crippen MR) is 94.8 cm³/mol. The third-order valence-corrected chi connectivity index (χ3v) is 3.93. The molecule has 0 unspecified atom stereocenters. The molecule has 118 valence electrons. The van der Waals surface area contributed by atoms with Crippen molar-refractivity contribution in [1.29, 1.82) is 0 Å². The van der Waals surface area contributed by atoms with Gasteiger partial charge in [-0.1, -0.05) is 60.7 Å². The first kappa shape index (κ1) is 14.4. The first-order valence-corrected chi connectivity index (χ1v) is 7.84. The van der Waals surface area contributed by atoms with E-state index in [9.17, 15) is 0 Å². The van der Waals surface area contributed by atoms with Gasteiger partial charge in [-0.15, -0.1) is 15.3 Å². The SMILES string of the molecule is CN(Cc1ccccc1)c1ccc2nnc(-c3ccccc3)n2n1. The minimum absolute atomic E-state index is 0.741. The van der Waals surface area contributed by atoms with Gasteiger partial charge in [0.1, 0.15) is 5.82 Å². The summed E-state index contributed by atoms with van der Waals surface area (Å²) in [6, 6.07) is 24.3. The minimum Gasteiger partial charge on any atom is -0.354 e. The number of rotatable bonds is 4. The molecule has 0 fully saturated rings. The summed E-state index contributed by atoms with van der Waals surface area (Å²) in [6.07, 6.45) is 0. The Morgan fingerprint density at radius 1 is 0.833 bits per heavy atom. The Balaban J connectivity index is 1.70. The minimum atomic E-state index is 0.741. The van der Waals surface area contributed by atoms with Crippen molar-refractivity contribution in [3.05, 3.63) is 78.4 Å². The molecule has 0 spiro atoms. The van der Waals surface area contributed by atoms with Gasteiger partial charge >= 0.3 is 0 Å². The first-order chi connectivity index (χ1) is 11.8. The summed E-state index contributed by atoms with van der Waals surface area (Å²) in [7, 11) is 2.04.